The summed E-state index contributed by atoms with van der Waals surface area (Å²) in [5, 5.41) is 36.4. The lowest BCUT2D eigenvalue weighted by molar-refractivity contribution is -0.143. The number of fused-ring (bicyclic) bond motifs is 1. The number of phenolic OH excluding ortho intramolecular Hbond substituents is 1. The summed E-state index contributed by atoms with van der Waals surface area (Å²) in [5.74, 6) is -6.76. The van der Waals surface area contributed by atoms with E-state index in [1.165, 1.54) is 24.3 Å². The van der Waals surface area contributed by atoms with Gasteiger partial charge >= 0.3 is 11.9 Å². The number of amides is 4. The predicted octanol–water partition coefficient (Wildman–Crippen LogP) is -1.12. The van der Waals surface area contributed by atoms with Crippen molar-refractivity contribution in [3.05, 3.63) is 65.9 Å². The molecule has 0 saturated carbocycles. The molecular weight excluding hydrogens is 564 g/mol. The van der Waals surface area contributed by atoms with Gasteiger partial charge in [-0.15, -0.1) is 0 Å². The minimum atomic E-state index is -1.73. The van der Waals surface area contributed by atoms with Crippen molar-refractivity contribution < 1.29 is 44.1 Å². The second-order valence-corrected chi connectivity index (χ2v) is 9.83. The van der Waals surface area contributed by atoms with Gasteiger partial charge in [-0.25, -0.2) is 4.79 Å². The smallest absolute Gasteiger partial charge is 0.326 e. The second-order valence-electron chi connectivity index (χ2n) is 9.83. The zero-order chi connectivity index (χ0) is 31.7. The van der Waals surface area contributed by atoms with E-state index in [0.717, 1.165) is 10.9 Å². The van der Waals surface area contributed by atoms with E-state index < -0.39 is 72.6 Å². The number of aliphatic carboxylic acids is 2. The fourth-order valence-corrected chi connectivity index (χ4v) is 4.31. The van der Waals surface area contributed by atoms with Gasteiger partial charge in [0.25, 0.3) is 0 Å². The monoisotopic (exact) mass is 596 g/mol. The number of nitrogens with two attached hydrogens (primary N) is 2. The van der Waals surface area contributed by atoms with Crippen molar-refractivity contribution in [1.82, 2.24) is 20.9 Å². The summed E-state index contributed by atoms with van der Waals surface area (Å²) in [4.78, 5) is 76.9. The quantitative estimate of drug-likeness (QED) is 0.102. The first-order valence-corrected chi connectivity index (χ1v) is 13.1. The summed E-state index contributed by atoms with van der Waals surface area (Å²) >= 11 is 0. The molecule has 4 atom stereocenters. The summed E-state index contributed by atoms with van der Waals surface area (Å²) < 4.78 is 0. The number of aromatic hydroxyl groups is 1. The van der Waals surface area contributed by atoms with Crippen LogP contribution in [0.2, 0.25) is 0 Å². The second kappa shape index (κ2) is 14.5. The van der Waals surface area contributed by atoms with Crippen LogP contribution in [-0.2, 0) is 41.6 Å². The van der Waals surface area contributed by atoms with Crippen molar-refractivity contribution in [2.75, 3.05) is 0 Å². The van der Waals surface area contributed by atoms with Crippen molar-refractivity contribution >= 4 is 46.5 Å². The van der Waals surface area contributed by atoms with Crippen LogP contribution in [0.1, 0.15) is 24.0 Å². The number of aromatic amines is 1. The first-order chi connectivity index (χ1) is 20.3. The van der Waals surface area contributed by atoms with Crippen LogP contribution < -0.4 is 27.4 Å². The minimum absolute atomic E-state index is 0.0592. The van der Waals surface area contributed by atoms with Crippen LogP contribution in [0, 0.1) is 0 Å². The number of aromatic nitrogens is 1. The first kappa shape index (κ1) is 32.1. The maximum atomic E-state index is 13.3. The molecule has 1 heterocycles. The van der Waals surface area contributed by atoms with E-state index in [0.29, 0.717) is 11.1 Å². The standard InChI is InChI=1S/C28H32N6O9/c29-18(11-23(30)36)25(39)32-20(9-14-5-7-16(35)8-6-14)26(40)33-21(12-24(37)38)27(41)34-22(28(42)43)10-15-13-31-19-4-2-1-3-17(15)19/h1-8,13,18,20-22,31,35H,9-12,29H2,(H2,30,36)(H,32,39)(H,33,40)(H,34,41)(H,37,38)(H,42,43). The fraction of sp³-hybridized carbons (Fsp3) is 0.286. The highest BCUT2D eigenvalue weighted by atomic mass is 16.4. The summed E-state index contributed by atoms with van der Waals surface area (Å²) in [7, 11) is 0. The van der Waals surface area contributed by atoms with Gasteiger partial charge in [-0.2, -0.15) is 0 Å². The normalized spacial score (nSPS) is 13.7. The molecule has 0 radical (unpaired) electrons. The molecule has 4 amide bonds. The number of phenols is 1. The van der Waals surface area contributed by atoms with Gasteiger partial charge in [0.2, 0.25) is 23.6 Å². The number of carbonyl (C=O) groups is 6. The van der Waals surface area contributed by atoms with Gasteiger partial charge < -0.3 is 47.7 Å². The van der Waals surface area contributed by atoms with Gasteiger partial charge in [-0.3, -0.25) is 24.0 Å². The third-order valence-electron chi connectivity index (χ3n) is 6.49. The van der Waals surface area contributed by atoms with Crippen LogP contribution in [0.4, 0.5) is 0 Å². The molecule has 1 aromatic heterocycles. The molecule has 0 aliphatic carbocycles. The highest BCUT2D eigenvalue weighted by Crippen LogP contribution is 2.19. The number of benzene rings is 2. The summed E-state index contributed by atoms with van der Waals surface area (Å²) in [6.07, 6.45) is -0.145. The molecule has 4 unspecified atom stereocenters. The van der Waals surface area contributed by atoms with Crippen LogP contribution in [0.5, 0.6) is 5.75 Å². The molecule has 3 aromatic rings. The van der Waals surface area contributed by atoms with Crippen molar-refractivity contribution in [1.29, 1.82) is 0 Å². The first-order valence-electron chi connectivity index (χ1n) is 13.1. The highest BCUT2D eigenvalue weighted by molar-refractivity contribution is 5.96. The number of carboxylic acid groups (broad SMARTS) is 2. The molecule has 0 fully saturated rings. The van der Waals surface area contributed by atoms with Crippen LogP contribution in [0.25, 0.3) is 10.9 Å². The summed E-state index contributed by atoms with van der Waals surface area (Å²) in [6.45, 7) is 0. The van der Waals surface area contributed by atoms with Gasteiger partial charge in [0.15, 0.2) is 0 Å². The third-order valence-corrected chi connectivity index (χ3v) is 6.49. The SMILES string of the molecule is NC(=O)CC(N)C(=O)NC(Cc1ccc(O)cc1)C(=O)NC(CC(=O)O)C(=O)NC(Cc1c[nH]c2ccccc12)C(=O)O. The van der Waals surface area contributed by atoms with E-state index in [9.17, 15) is 44.1 Å². The average molecular weight is 597 g/mol. The number of hydrogen-bond acceptors (Lipinski definition) is 8. The average Bonchev–Trinajstić information content (AvgIpc) is 3.35. The Bertz CT molecular complexity index is 1500. The van der Waals surface area contributed by atoms with Crippen molar-refractivity contribution in [3.8, 4) is 5.75 Å². The number of hydrogen-bond donors (Lipinski definition) is 9. The van der Waals surface area contributed by atoms with Crippen molar-refractivity contribution in [2.24, 2.45) is 11.5 Å². The van der Waals surface area contributed by atoms with Gasteiger partial charge in [0.1, 0.15) is 23.9 Å². The van der Waals surface area contributed by atoms with Gasteiger partial charge in [0, 0.05) is 29.9 Å². The van der Waals surface area contributed by atoms with Crippen LogP contribution in [0.15, 0.2) is 54.7 Å². The topological polar surface area (TPSA) is 267 Å². The van der Waals surface area contributed by atoms with Gasteiger partial charge in [0.05, 0.1) is 18.9 Å². The lowest BCUT2D eigenvalue weighted by Crippen LogP contribution is -2.58. The molecule has 15 heteroatoms. The van der Waals surface area contributed by atoms with Crippen molar-refractivity contribution in [3.63, 3.8) is 0 Å². The Morgan fingerprint density at radius 2 is 1.37 bits per heavy atom. The van der Waals surface area contributed by atoms with Crippen molar-refractivity contribution in [2.45, 2.75) is 49.9 Å². The molecule has 15 nitrogen and oxygen atoms in total. The maximum absolute atomic E-state index is 13.3. The van der Waals surface area contributed by atoms with Gasteiger partial charge in [-0.1, -0.05) is 30.3 Å². The fourth-order valence-electron chi connectivity index (χ4n) is 4.31. The lowest BCUT2D eigenvalue weighted by Gasteiger charge is -2.24. The number of carbonyl (C=O) groups excluding carboxylic acids is 4. The molecular formula is C28H32N6O9. The molecule has 228 valence electrons. The Balaban J connectivity index is 1.80. The molecule has 3 rings (SSSR count). The van der Waals surface area contributed by atoms with Crippen LogP contribution in [0.3, 0.4) is 0 Å². The maximum Gasteiger partial charge on any atom is 0.326 e. The van der Waals surface area contributed by atoms with E-state index in [-0.39, 0.29) is 18.6 Å². The molecule has 0 spiro atoms. The van der Waals surface area contributed by atoms with E-state index in [1.54, 1.807) is 30.5 Å². The predicted molar refractivity (Wildman–Crippen MR) is 151 cm³/mol. The number of primary amides is 1. The Kier molecular flexibility index (Phi) is 10.8. The number of carboxylic acids is 2. The molecule has 11 N–H and O–H groups in total. The molecule has 0 aliphatic heterocycles. The summed E-state index contributed by atoms with van der Waals surface area (Å²) in [6, 6.07) is 6.72. The van der Waals surface area contributed by atoms with Gasteiger partial charge in [-0.05, 0) is 29.3 Å². The number of para-hydroxylation sites is 1. The molecule has 0 bridgehead atoms. The number of rotatable bonds is 15. The Labute approximate surface area is 244 Å². The molecule has 0 aliphatic rings. The zero-order valence-electron chi connectivity index (χ0n) is 22.8. The largest absolute Gasteiger partial charge is 0.508 e. The van der Waals surface area contributed by atoms with Crippen LogP contribution in [-0.4, -0.2) is 80.0 Å². The number of nitrogens with one attached hydrogen (secondary N) is 4. The van der Waals surface area contributed by atoms with Crippen LogP contribution >= 0.6 is 0 Å². The highest BCUT2D eigenvalue weighted by Gasteiger charge is 2.32. The molecule has 2 aromatic carbocycles. The Morgan fingerprint density at radius 3 is 2.00 bits per heavy atom. The van der Waals surface area contributed by atoms with E-state index in [2.05, 4.69) is 20.9 Å². The molecule has 43 heavy (non-hydrogen) atoms. The number of H-pyrrole nitrogens is 1. The minimum Gasteiger partial charge on any atom is -0.508 e. The molecule has 0 saturated heterocycles. The lowest BCUT2D eigenvalue weighted by atomic mass is 10.0. The Morgan fingerprint density at radius 1 is 0.767 bits per heavy atom. The third kappa shape index (κ3) is 9.29. The summed E-state index contributed by atoms with van der Waals surface area (Å²) in [5.41, 5.74) is 12.6. The van der Waals surface area contributed by atoms with E-state index in [1.807, 2.05) is 0 Å². The van der Waals surface area contributed by atoms with E-state index >= 15 is 0 Å². The Hall–Kier alpha value is -5.44. The van der Waals surface area contributed by atoms with E-state index in [4.69, 9.17) is 11.5 Å². The zero-order valence-corrected chi connectivity index (χ0v) is 22.8.